The Morgan fingerprint density at radius 1 is 0.957 bits per heavy atom. The molecule has 0 N–H and O–H groups in total. The van der Waals surface area contributed by atoms with E-state index in [0.29, 0.717) is 6.79 Å². The standard InChI is InChI=1S/C17H19BrN2O2S/c18-14-8-15(23-11-14)10-20-5-3-19(4-6-20)9-13-1-2-16-17(7-13)22-12-21-16/h1-2,7-8,11H,3-6,9-10,12H2. The zero-order valence-electron chi connectivity index (χ0n) is 12.8. The Morgan fingerprint density at radius 2 is 1.70 bits per heavy atom. The molecule has 0 amide bonds. The minimum absolute atomic E-state index is 0.344. The van der Waals surface area contributed by atoms with Gasteiger partial charge in [-0.15, -0.1) is 11.3 Å². The Morgan fingerprint density at radius 3 is 2.43 bits per heavy atom. The lowest BCUT2D eigenvalue weighted by Crippen LogP contribution is -2.45. The highest BCUT2D eigenvalue weighted by molar-refractivity contribution is 9.10. The number of piperazine rings is 1. The molecule has 0 radical (unpaired) electrons. The Labute approximate surface area is 148 Å². The van der Waals surface area contributed by atoms with Gasteiger partial charge in [-0.05, 0) is 39.7 Å². The monoisotopic (exact) mass is 394 g/mol. The predicted molar refractivity (Wildman–Crippen MR) is 95.1 cm³/mol. The van der Waals surface area contributed by atoms with Gasteiger partial charge in [0.05, 0.1) is 0 Å². The number of ether oxygens (including phenoxy) is 2. The van der Waals surface area contributed by atoms with Crippen molar-refractivity contribution in [3.05, 3.63) is 44.6 Å². The van der Waals surface area contributed by atoms with E-state index in [1.165, 1.54) is 14.9 Å². The first-order valence-electron chi connectivity index (χ1n) is 7.82. The number of halogens is 1. The summed E-state index contributed by atoms with van der Waals surface area (Å²) in [6.45, 7) is 6.86. The van der Waals surface area contributed by atoms with Gasteiger partial charge in [-0.1, -0.05) is 6.07 Å². The lowest BCUT2D eigenvalue weighted by molar-refractivity contribution is 0.122. The fraction of sp³-hybridized carbons (Fsp3) is 0.412. The maximum atomic E-state index is 5.46. The molecule has 2 aliphatic rings. The van der Waals surface area contributed by atoms with Gasteiger partial charge in [0.15, 0.2) is 11.5 Å². The number of fused-ring (bicyclic) bond motifs is 1. The second-order valence-electron chi connectivity index (χ2n) is 5.97. The van der Waals surface area contributed by atoms with Gasteiger partial charge in [-0.3, -0.25) is 9.80 Å². The van der Waals surface area contributed by atoms with Crippen LogP contribution in [0, 0.1) is 0 Å². The van der Waals surface area contributed by atoms with Gasteiger partial charge >= 0.3 is 0 Å². The second kappa shape index (κ2) is 6.81. The highest BCUT2D eigenvalue weighted by atomic mass is 79.9. The average molecular weight is 395 g/mol. The van der Waals surface area contributed by atoms with Gasteiger partial charge < -0.3 is 9.47 Å². The number of thiophene rings is 1. The third-order valence-electron chi connectivity index (χ3n) is 4.31. The van der Waals surface area contributed by atoms with Crippen molar-refractivity contribution < 1.29 is 9.47 Å². The molecule has 0 unspecified atom stereocenters. The van der Waals surface area contributed by atoms with Crippen LogP contribution in [0.4, 0.5) is 0 Å². The Kier molecular flexibility index (Phi) is 4.57. The lowest BCUT2D eigenvalue weighted by atomic mass is 10.1. The summed E-state index contributed by atoms with van der Waals surface area (Å²) in [4.78, 5) is 6.48. The highest BCUT2D eigenvalue weighted by Crippen LogP contribution is 2.32. The van der Waals surface area contributed by atoms with Crippen molar-refractivity contribution in [1.29, 1.82) is 0 Å². The van der Waals surface area contributed by atoms with Gasteiger partial charge in [0.2, 0.25) is 6.79 Å². The smallest absolute Gasteiger partial charge is 0.231 e. The molecule has 4 rings (SSSR count). The van der Waals surface area contributed by atoms with E-state index in [1.807, 2.05) is 17.4 Å². The van der Waals surface area contributed by atoms with Crippen LogP contribution in [-0.2, 0) is 13.1 Å². The maximum Gasteiger partial charge on any atom is 0.231 e. The van der Waals surface area contributed by atoms with Crippen molar-refractivity contribution in [2.45, 2.75) is 13.1 Å². The molecule has 0 aliphatic carbocycles. The highest BCUT2D eigenvalue weighted by Gasteiger charge is 2.19. The summed E-state index contributed by atoms with van der Waals surface area (Å²) in [5.74, 6) is 1.74. The normalized spacial score (nSPS) is 18.5. The minimum Gasteiger partial charge on any atom is -0.454 e. The van der Waals surface area contributed by atoms with E-state index in [9.17, 15) is 0 Å². The van der Waals surface area contributed by atoms with Gasteiger partial charge in [0.25, 0.3) is 0 Å². The lowest BCUT2D eigenvalue weighted by Gasteiger charge is -2.34. The number of hydrogen-bond acceptors (Lipinski definition) is 5. The summed E-state index contributed by atoms with van der Waals surface area (Å²) in [5, 5.41) is 2.16. The Balaban J connectivity index is 1.29. The number of hydrogen-bond donors (Lipinski definition) is 0. The van der Waals surface area contributed by atoms with E-state index in [0.717, 1.165) is 50.8 Å². The van der Waals surface area contributed by atoms with Crippen molar-refractivity contribution in [1.82, 2.24) is 9.80 Å². The van der Waals surface area contributed by atoms with Gasteiger partial charge in [-0.25, -0.2) is 0 Å². The molecule has 3 heterocycles. The van der Waals surface area contributed by atoms with Crippen molar-refractivity contribution in [3.8, 4) is 11.5 Å². The average Bonchev–Trinajstić information content (AvgIpc) is 3.17. The fourth-order valence-electron chi connectivity index (χ4n) is 3.06. The number of rotatable bonds is 4. The van der Waals surface area contributed by atoms with E-state index in [1.54, 1.807) is 0 Å². The van der Waals surface area contributed by atoms with E-state index in [-0.39, 0.29) is 0 Å². The van der Waals surface area contributed by atoms with Crippen molar-refractivity contribution >= 4 is 27.3 Å². The Bertz CT molecular complexity index is 683. The predicted octanol–water partition coefficient (Wildman–Crippen LogP) is 3.56. The van der Waals surface area contributed by atoms with Crippen LogP contribution in [0.25, 0.3) is 0 Å². The van der Waals surface area contributed by atoms with Crippen molar-refractivity contribution in [2.75, 3.05) is 33.0 Å². The first-order valence-corrected chi connectivity index (χ1v) is 9.50. The topological polar surface area (TPSA) is 24.9 Å². The van der Waals surface area contributed by atoms with Crippen LogP contribution in [0.1, 0.15) is 10.4 Å². The first kappa shape index (κ1) is 15.4. The zero-order chi connectivity index (χ0) is 15.6. The molecular weight excluding hydrogens is 376 g/mol. The minimum atomic E-state index is 0.344. The molecule has 1 fully saturated rings. The van der Waals surface area contributed by atoms with E-state index in [2.05, 4.69) is 49.3 Å². The molecule has 6 heteroatoms. The molecule has 0 bridgehead atoms. The summed E-state index contributed by atoms with van der Waals surface area (Å²) in [5.41, 5.74) is 1.30. The van der Waals surface area contributed by atoms with Gasteiger partial charge in [-0.2, -0.15) is 0 Å². The van der Waals surface area contributed by atoms with E-state index in [4.69, 9.17) is 9.47 Å². The molecule has 2 aromatic rings. The van der Waals surface area contributed by atoms with Crippen LogP contribution in [0.2, 0.25) is 0 Å². The molecule has 0 saturated carbocycles. The molecule has 23 heavy (non-hydrogen) atoms. The SMILES string of the molecule is Brc1csc(CN2CCN(Cc3ccc4c(c3)OCO4)CC2)c1. The molecule has 1 saturated heterocycles. The van der Waals surface area contributed by atoms with E-state index < -0.39 is 0 Å². The summed E-state index contributed by atoms with van der Waals surface area (Å²) < 4.78 is 12.0. The summed E-state index contributed by atoms with van der Waals surface area (Å²) in [6, 6.07) is 8.49. The molecule has 0 atom stereocenters. The second-order valence-corrected chi connectivity index (χ2v) is 7.88. The summed E-state index contributed by atoms with van der Waals surface area (Å²) in [6.07, 6.45) is 0. The van der Waals surface area contributed by atoms with Gasteiger partial charge in [0, 0.05) is 54.0 Å². The largest absolute Gasteiger partial charge is 0.454 e. The molecule has 122 valence electrons. The number of nitrogens with zero attached hydrogens (tertiary/aromatic N) is 2. The van der Waals surface area contributed by atoms with Crippen LogP contribution in [0.5, 0.6) is 11.5 Å². The summed E-state index contributed by atoms with van der Waals surface area (Å²) in [7, 11) is 0. The third kappa shape index (κ3) is 3.71. The van der Waals surface area contributed by atoms with Crippen LogP contribution >= 0.6 is 27.3 Å². The quantitative estimate of drug-likeness (QED) is 0.791. The summed E-state index contributed by atoms with van der Waals surface area (Å²) >= 11 is 5.36. The van der Waals surface area contributed by atoms with Crippen LogP contribution < -0.4 is 9.47 Å². The van der Waals surface area contributed by atoms with Gasteiger partial charge in [0.1, 0.15) is 0 Å². The Hall–Kier alpha value is -1.08. The maximum absolute atomic E-state index is 5.46. The molecule has 4 nitrogen and oxygen atoms in total. The third-order valence-corrected chi connectivity index (χ3v) is 5.99. The fourth-order valence-corrected chi connectivity index (χ4v) is 4.55. The van der Waals surface area contributed by atoms with Crippen LogP contribution in [-0.4, -0.2) is 42.8 Å². The number of benzene rings is 1. The van der Waals surface area contributed by atoms with Crippen LogP contribution in [0.3, 0.4) is 0 Å². The van der Waals surface area contributed by atoms with Crippen LogP contribution in [0.15, 0.2) is 34.1 Å². The van der Waals surface area contributed by atoms with E-state index >= 15 is 0 Å². The van der Waals surface area contributed by atoms with Crippen molar-refractivity contribution in [3.63, 3.8) is 0 Å². The molecule has 1 aromatic carbocycles. The molecular formula is C17H19BrN2O2S. The zero-order valence-corrected chi connectivity index (χ0v) is 15.2. The van der Waals surface area contributed by atoms with Crippen molar-refractivity contribution in [2.24, 2.45) is 0 Å². The first-order chi connectivity index (χ1) is 11.3. The molecule has 1 aromatic heterocycles. The molecule has 0 spiro atoms. The molecule has 2 aliphatic heterocycles.